The highest BCUT2D eigenvalue weighted by molar-refractivity contribution is 5.77. The van der Waals surface area contributed by atoms with E-state index in [2.05, 4.69) is 4.98 Å². The number of amides is 2. The van der Waals surface area contributed by atoms with Gasteiger partial charge in [-0.1, -0.05) is 13.0 Å². The Bertz CT molecular complexity index is 492. The number of carbonyl (C=O) groups excluding carboxylic acids is 1. The maximum absolute atomic E-state index is 12.3. The molecular weight excluding hydrogens is 258 g/mol. The molecule has 2 unspecified atom stereocenters. The summed E-state index contributed by atoms with van der Waals surface area (Å²) in [6.45, 7) is 3.11. The molecule has 2 heterocycles. The number of likely N-dealkylation sites (tertiary alicyclic amines) is 1. The Hall–Kier alpha value is -2.11. The van der Waals surface area contributed by atoms with Crippen molar-refractivity contribution in [3.8, 4) is 0 Å². The van der Waals surface area contributed by atoms with Crippen LogP contribution in [0.5, 0.6) is 0 Å². The predicted molar refractivity (Wildman–Crippen MR) is 73.0 cm³/mol. The van der Waals surface area contributed by atoms with E-state index in [4.69, 9.17) is 5.11 Å². The van der Waals surface area contributed by atoms with Crippen molar-refractivity contribution in [1.29, 1.82) is 0 Å². The van der Waals surface area contributed by atoms with Gasteiger partial charge in [-0.25, -0.2) is 4.79 Å². The summed E-state index contributed by atoms with van der Waals surface area (Å²) in [6, 6.07) is 3.60. The van der Waals surface area contributed by atoms with Crippen molar-refractivity contribution in [2.75, 3.05) is 20.1 Å². The quantitative estimate of drug-likeness (QED) is 0.903. The van der Waals surface area contributed by atoms with Crippen molar-refractivity contribution in [2.45, 2.75) is 13.5 Å². The maximum atomic E-state index is 12.3. The van der Waals surface area contributed by atoms with E-state index < -0.39 is 11.9 Å². The molecule has 2 atom stereocenters. The molecule has 2 rings (SSSR count). The van der Waals surface area contributed by atoms with E-state index in [1.165, 1.54) is 0 Å². The number of carbonyl (C=O) groups is 2. The van der Waals surface area contributed by atoms with Crippen molar-refractivity contribution in [2.24, 2.45) is 11.8 Å². The fraction of sp³-hybridized carbons (Fsp3) is 0.500. The Balaban J connectivity index is 1.96. The molecule has 0 radical (unpaired) electrons. The van der Waals surface area contributed by atoms with Crippen LogP contribution in [0.15, 0.2) is 24.5 Å². The van der Waals surface area contributed by atoms with Crippen molar-refractivity contribution in [3.05, 3.63) is 30.1 Å². The Morgan fingerprint density at radius 2 is 2.25 bits per heavy atom. The zero-order chi connectivity index (χ0) is 14.7. The molecule has 0 bridgehead atoms. The highest BCUT2D eigenvalue weighted by Gasteiger charge is 2.37. The maximum Gasteiger partial charge on any atom is 0.320 e. The first-order valence-electron chi connectivity index (χ1n) is 6.60. The Morgan fingerprint density at radius 1 is 1.50 bits per heavy atom. The van der Waals surface area contributed by atoms with Crippen LogP contribution in [-0.4, -0.2) is 52.0 Å². The van der Waals surface area contributed by atoms with Crippen molar-refractivity contribution >= 4 is 12.0 Å². The van der Waals surface area contributed by atoms with E-state index in [1.807, 2.05) is 19.1 Å². The van der Waals surface area contributed by atoms with E-state index in [9.17, 15) is 9.59 Å². The highest BCUT2D eigenvalue weighted by atomic mass is 16.4. The number of hydrogen-bond acceptors (Lipinski definition) is 3. The van der Waals surface area contributed by atoms with Crippen LogP contribution in [0, 0.1) is 11.8 Å². The van der Waals surface area contributed by atoms with Crippen LogP contribution >= 0.6 is 0 Å². The number of aliphatic carboxylic acids is 1. The first kappa shape index (κ1) is 14.3. The summed E-state index contributed by atoms with van der Waals surface area (Å²) < 4.78 is 0. The minimum absolute atomic E-state index is 0.0109. The van der Waals surface area contributed by atoms with Gasteiger partial charge in [0.1, 0.15) is 0 Å². The van der Waals surface area contributed by atoms with Gasteiger partial charge in [0.15, 0.2) is 0 Å². The van der Waals surface area contributed by atoms with E-state index in [0.717, 1.165) is 5.56 Å². The second-order valence-corrected chi connectivity index (χ2v) is 5.33. The molecule has 0 aliphatic carbocycles. The summed E-state index contributed by atoms with van der Waals surface area (Å²) in [4.78, 5) is 30.6. The third kappa shape index (κ3) is 3.07. The van der Waals surface area contributed by atoms with Gasteiger partial charge in [-0.2, -0.15) is 0 Å². The summed E-state index contributed by atoms with van der Waals surface area (Å²) in [7, 11) is 1.72. The second kappa shape index (κ2) is 5.90. The molecule has 1 fully saturated rings. The lowest BCUT2D eigenvalue weighted by Crippen LogP contribution is -2.40. The monoisotopic (exact) mass is 277 g/mol. The van der Waals surface area contributed by atoms with Crippen molar-refractivity contribution in [3.63, 3.8) is 0 Å². The standard InChI is InChI=1S/C14H19N3O3/c1-10-7-17(9-12(10)13(18)19)14(20)16(2)8-11-4-3-5-15-6-11/h3-6,10,12H,7-9H2,1-2H3,(H,18,19). The van der Waals surface area contributed by atoms with Gasteiger partial charge in [-0.3, -0.25) is 9.78 Å². The molecular formula is C14H19N3O3. The number of aromatic nitrogens is 1. The fourth-order valence-electron chi connectivity index (χ4n) is 2.52. The summed E-state index contributed by atoms with van der Waals surface area (Å²) in [5, 5.41) is 9.10. The van der Waals surface area contributed by atoms with Crippen LogP contribution in [0.3, 0.4) is 0 Å². The highest BCUT2D eigenvalue weighted by Crippen LogP contribution is 2.24. The first-order chi connectivity index (χ1) is 9.49. The fourth-order valence-corrected chi connectivity index (χ4v) is 2.52. The van der Waals surface area contributed by atoms with Gasteiger partial charge in [0.05, 0.1) is 5.92 Å². The molecule has 1 aliphatic heterocycles. The third-order valence-corrected chi connectivity index (χ3v) is 3.67. The summed E-state index contributed by atoms with van der Waals surface area (Å²) in [6.07, 6.45) is 3.40. The third-order valence-electron chi connectivity index (χ3n) is 3.67. The molecule has 1 saturated heterocycles. The summed E-state index contributed by atoms with van der Waals surface area (Å²) in [5.41, 5.74) is 0.949. The molecule has 0 spiro atoms. The lowest BCUT2D eigenvalue weighted by Gasteiger charge is -2.24. The number of carboxylic acids is 1. The van der Waals surface area contributed by atoms with Crippen LogP contribution in [0.25, 0.3) is 0 Å². The number of urea groups is 1. The summed E-state index contributed by atoms with van der Waals surface area (Å²) in [5.74, 6) is -1.31. The largest absolute Gasteiger partial charge is 0.481 e. The zero-order valence-corrected chi connectivity index (χ0v) is 11.7. The average molecular weight is 277 g/mol. The summed E-state index contributed by atoms with van der Waals surface area (Å²) >= 11 is 0. The van der Waals surface area contributed by atoms with E-state index in [0.29, 0.717) is 13.1 Å². The van der Waals surface area contributed by atoms with Crippen molar-refractivity contribution in [1.82, 2.24) is 14.8 Å². The molecule has 20 heavy (non-hydrogen) atoms. The number of nitrogens with zero attached hydrogens (tertiary/aromatic N) is 3. The molecule has 6 nitrogen and oxygen atoms in total. The van der Waals surface area contributed by atoms with Gasteiger partial charge in [-0.05, 0) is 17.5 Å². The Kier molecular flexibility index (Phi) is 4.22. The van der Waals surface area contributed by atoms with Gasteiger partial charge >= 0.3 is 12.0 Å². The smallest absolute Gasteiger partial charge is 0.320 e. The second-order valence-electron chi connectivity index (χ2n) is 5.33. The predicted octanol–water partition coefficient (Wildman–Crippen LogP) is 1.29. The first-order valence-corrected chi connectivity index (χ1v) is 6.60. The molecule has 1 aromatic rings. The number of rotatable bonds is 3. The Morgan fingerprint density at radius 3 is 2.80 bits per heavy atom. The molecule has 1 N–H and O–H groups in total. The molecule has 0 aromatic carbocycles. The van der Waals surface area contributed by atoms with Gasteiger partial charge < -0.3 is 14.9 Å². The number of hydrogen-bond donors (Lipinski definition) is 1. The Labute approximate surface area is 118 Å². The topological polar surface area (TPSA) is 73.7 Å². The lowest BCUT2D eigenvalue weighted by atomic mass is 9.99. The number of pyridine rings is 1. The molecule has 6 heteroatoms. The van der Waals surface area contributed by atoms with Crippen LogP contribution in [-0.2, 0) is 11.3 Å². The van der Waals surface area contributed by atoms with Gasteiger partial charge in [0.25, 0.3) is 0 Å². The van der Waals surface area contributed by atoms with Crippen LogP contribution in [0.4, 0.5) is 4.79 Å². The molecule has 0 saturated carbocycles. The minimum Gasteiger partial charge on any atom is -0.481 e. The van der Waals surface area contributed by atoms with E-state index in [-0.39, 0.29) is 18.5 Å². The lowest BCUT2D eigenvalue weighted by molar-refractivity contribution is -0.142. The molecule has 108 valence electrons. The van der Waals surface area contributed by atoms with Gasteiger partial charge in [0.2, 0.25) is 0 Å². The van der Waals surface area contributed by atoms with E-state index >= 15 is 0 Å². The van der Waals surface area contributed by atoms with Crippen LogP contribution in [0.1, 0.15) is 12.5 Å². The normalized spacial score (nSPS) is 21.8. The van der Waals surface area contributed by atoms with E-state index in [1.54, 1.807) is 29.2 Å². The van der Waals surface area contributed by atoms with Gasteiger partial charge in [0, 0.05) is 39.1 Å². The molecule has 1 aromatic heterocycles. The van der Waals surface area contributed by atoms with Gasteiger partial charge in [-0.15, -0.1) is 0 Å². The average Bonchev–Trinajstić information content (AvgIpc) is 2.81. The number of carboxylic acid groups (broad SMARTS) is 1. The van der Waals surface area contributed by atoms with Crippen LogP contribution < -0.4 is 0 Å². The van der Waals surface area contributed by atoms with Crippen molar-refractivity contribution < 1.29 is 14.7 Å². The SMILES string of the molecule is CC1CN(C(=O)N(C)Cc2cccnc2)CC1C(=O)O. The van der Waals surface area contributed by atoms with Crippen LogP contribution in [0.2, 0.25) is 0 Å². The molecule has 1 aliphatic rings. The molecule has 2 amide bonds. The minimum atomic E-state index is -0.831. The zero-order valence-electron chi connectivity index (χ0n) is 11.7.